The molecule has 2 aromatic rings. The molecule has 5 rings (SSSR count). The van der Waals surface area contributed by atoms with E-state index in [2.05, 4.69) is 15.5 Å². The average molecular weight is 542 g/mol. The van der Waals surface area contributed by atoms with Gasteiger partial charge < -0.3 is 24.8 Å². The highest BCUT2D eigenvalue weighted by molar-refractivity contribution is 6.33. The van der Waals surface area contributed by atoms with Crippen LogP contribution in [0, 0.1) is 0 Å². The van der Waals surface area contributed by atoms with Crippen molar-refractivity contribution in [3.8, 4) is 17.2 Å². The fourth-order valence-electron chi connectivity index (χ4n) is 6.59. The number of methoxy groups -OCH3 is 3. The number of carbonyl (C=O) groups excluding carboxylic acids is 2. The third-order valence-corrected chi connectivity index (χ3v) is 8.79. The van der Waals surface area contributed by atoms with Crippen molar-refractivity contribution in [1.29, 1.82) is 0 Å². The van der Waals surface area contributed by atoms with Crippen LogP contribution in [0.2, 0.25) is 5.02 Å². The number of halogens is 1. The van der Waals surface area contributed by atoms with Crippen LogP contribution in [0.5, 0.6) is 17.2 Å². The smallest absolute Gasteiger partial charge is 0.251 e. The van der Waals surface area contributed by atoms with Crippen molar-refractivity contribution in [3.05, 3.63) is 47.0 Å². The van der Waals surface area contributed by atoms with E-state index in [9.17, 15) is 9.59 Å². The van der Waals surface area contributed by atoms with Crippen molar-refractivity contribution in [2.45, 2.75) is 75.0 Å². The lowest BCUT2D eigenvalue weighted by atomic mass is 9.68. The van der Waals surface area contributed by atoms with E-state index >= 15 is 0 Å². The van der Waals surface area contributed by atoms with Gasteiger partial charge in [-0.15, -0.1) is 0 Å². The predicted molar refractivity (Wildman–Crippen MR) is 147 cm³/mol. The van der Waals surface area contributed by atoms with Gasteiger partial charge in [-0.2, -0.15) is 0 Å². The number of anilines is 1. The fourth-order valence-corrected chi connectivity index (χ4v) is 6.78. The van der Waals surface area contributed by atoms with E-state index in [1.54, 1.807) is 18.2 Å². The zero-order valence-electron chi connectivity index (χ0n) is 22.2. The molecule has 3 fully saturated rings. The number of rotatable bonds is 8. The summed E-state index contributed by atoms with van der Waals surface area (Å²) in [6.45, 7) is 0. The zero-order chi connectivity index (χ0) is 26.9. The quantitative estimate of drug-likeness (QED) is 0.486. The number of nitrogens with zero attached hydrogens (tertiary/aromatic N) is 1. The SMILES string of the molecule is COc1cc(C(=O)NC2CC3CCCC(C2)N3C2(C(=O)Nc3ccccc3Cl)CCC2)cc(OC)c1OC. The van der Waals surface area contributed by atoms with E-state index in [0.29, 0.717) is 33.5 Å². The number of carbonyl (C=O) groups is 2. The molecular formula is C29H36ClN3O5. The van der Waals surface area contributed by atoms with Crippen LogP contribution >= 0.6 is 11.6 Å². The van der Waals surface area contributed by atoms with Crippen LogP contribution in [-0.2, 0) is 4.79 Å². The predicted octanol–water partition coefficient (Wildman–Crippen LogP) is 5.04. The minimum absolute atomic E-state index is 0.0249. The fraction of sp³-hybridized carbons (Fsp3) is 0.517. The average Bonchev–Trinajstić information content (AvgIpc) is 2.88. The molecule has 2 atom stereocenters. The minimum Gasteiger partial charge on any atom is -0.493 e. The molecule has 0 spiro atoms. The van der Waals surface area contributed by atoms with Crippen molar-refractivity contribution in [2.75, 3.05) is 26.6 Å². The molecule has 2 heterocycles. The summed E-state index contributed by atoms with van der Waals surface area (Å²) in [4.78, 5) is 29.5. The molecule has 2 amide bonds. The molecule has 2 aliphatic heterocycles. The summed E-state index contributed by atoms with van der Waals surface area (Å²) in [6, 6.07) is 11.2. The minimum atomic E-state index is -0.513. The highest BCUT2D eigenvalue weighted by atomic mass is 35.5. The lowest BCUT2D eigenvalue weighted by Crippen LogP contribution is -2.71. The van der Waals surface area contributed by atoms with Crippen LogP contribution in [0.25, 0.3) is 0 Å². The van der Waals surface area contributed by atoms with Crippen LogP contribution < -0.4 is 24.8 Å². The third-order valence-electron chi connectivity index (χ3n) is 8.46. The Kier molecular flexibility index (Phi) is 7.73. The van der Waals surface area contributed by atoms with E-state index in [-0.39, 0.29) is 29.9 Å². The molecule has 2 bridgehead atoms. The molecule has 0 radical (unpaired) electrons. The Balaban J connectivity index is 1.32. The number of nitrogens with one attached hydrogen (secondary N) is 2. The van der Waals surface area contributed by atoms with Crippen molar-refractivity contribution in [3.63, 3.8) is 0 Å². The Morgan fingerprint density at radius 1 is 0.947 bits per heavy atom. The summed E-state index contributed by atoms with van der Waals surface area (Å²) in [6.07, 6.45) is 7.54. The first kappa shape index (κ1) is 26.6. The maximum absolute atomic E-state index is 13.7. The molecule has 2 saturated heterocycles. The number of ether oxygens (including phenoxy) is 3. The van der Waals surface area contributed by atoms with Gasteiger partial charge in [0.2, 0.25) is 11.7 Å². The molecule has 1 aliphatic carbocycles. The van der Waals surface area contributed by atoms with Crippen LogP contribution in [0.15, 0.2) is 36.4 Å². The van der Waals surface area contributed by atoms with Gasteiger partial charge in [-0.05, 0) is 69.2 Å². The second-order valence-corrected chi connectivity index (χ2v) is 10.9. The van der Waals surface area contributed by atoms with Crippen molar-refractivity contribution < 1.29 is 23.8 Å². The largest absolute Gasteiger partial charge is 0.493 e. The van der Waals surface area contributed by atoms with Gasteiger partial charge in [0.1, 0.15) is 5.54 Å². The van der Waals surface area contributed by atoms with Crippen molar-refractivity contribution in [2.24, 2.45) is 0 Å². The first-order chi connectivity index (χ1) is 18.4. The summed E-state index contributed by atoms with van der Waals surface area (Å²) < 4.78 is 16.2. The normalized spacial score (nSPS) is 24.1. The number of para-hydroxylation sites is 1. The van der Waals surface area contributed by atoms with E-state index in [0.717, 1.165) is 51.4 Å². The first-order valence-electron chi connectivity index (χ1n) is 13.4. The molecule has 38 heavy (non-hydrogen) atoms. The van der Waals surface area contributed by atoms with Gasteiger partial charge in [-0.3, -0.25) is 14.5 Å². The lowest BCUT2D eigenvalue weighted by molar-refractivity contribution is -0.149. The van der Waals surface area contributed by atoms with E-state index in [1.807, 2.05) is 18.2 Å². The molecular weight excluding hydrogens is 506 g/mol. The van der Waals surface area contributed by atoms with Crippen LogP contribution in [-0.4, -0.2) is 61.7 Å². The van der Waals surface area contributed by atoms with Gasteiger partial charge in [-0.1, -0.05) is 30.2 Å². The highest BCUT2D eigenvalue weighted by Crippen LogP contribution is 2.48. The molecule has 3 aliphatic rings. The second kappa shape index (κ2) is 11.0. The van der Waals surface area contributed by atoms with Gasteiger partial charge in [0.25, 0.3) is 5.91 Å². The van der Waals surface area contributed by atoms with Crippen LogP contribution in [0.1, 0.15) is 61.7 Å². The van der Waals surface area contributed by atoms with E-state index < -0.39 is 5.54 Å². The number of hydrogen-bond acceptors (Lipinski definition) is 6. The summed E-state index contributed by atoms with van der Waals surface area (Å²) in [7, 11) is 4.61. The number of amides is 2. The first-order valence-corrected chi connectivity index (χ1v) is 13.7. The van der Waals surface area contributed by atoms with Gasteiger partial charge in [0, 0.05) is 23.7 Å². The van der Waals surface area contributed by atoms with E-state index in [4.69, 9.17) is 25.8 Å². The maximum Gasteiger partial charge on any atom is 0.251 e. The molecule has 2 N–H and O–H groups in total. The topological polar surface area (TPSA) is 89.1 Å². The molecule has 2 unspecified atom stereocenters. The summed E-state index contributed by atoms with van der Waals surface area (Å²) in [5, 5.41) is 6.92. The second-order valence-electron chi connectivity index (χ2n) is 10.5. The maximum atomic E-state index is 13.7. The molecule has 0 aromatic heterocycles. The summed E-state index contributed by atoms with van der Waals surface area (Å²) in [5.74, 6) is 1.21. The van der Waals surface area contributed by atoms with Crippen LogP contribution in [0.4, 0.5) is 5.69 Å². The Morgan fingerprint density at radius 2 is 1.58 bits per heavy atom. The monoisotopic (exact) mass is 541 g/mol. The number of hydrogen-bond donors (Lipinski definition) is 2. The Labute approximate surface area is 229 Å². The Bertz CT molecular complexity index is 1160. The highest BCUT2D eigenvalue weighted by Gasteiger charge is 2.56. The van der Waals surface area contributed by atoms with Gasteiger partial charge >= 0.3 is 0 Å². The number of piperidine rings is 2. The van der Waals surface area contributed by atoms with Crippen LogP contribution in [0.3, 0.4) is 0 Å². The summed E-state index contributed by atoms with van der Waals surface area (Å²) >= 11 is 6.34. The molecule has 9 heteroatoms. The Hall–Kier alpha value is -2.97. The van der Waals surface area contributed by atoms with Gasteiger partial charge in [0.05, 0.1) is 32.0 Å². The molecule has 1 saturated carbocycles. The zero-order valence-corrected chi connectivity index (χ0v) is 23.0. The summed E-state index contributed by atoms with van der Waals surface area (Å²) in [5.41, 5.74) is 0.602. The number of fused-ring (bicyclic) bond motifs is 2. The molecule has 204 valence electrons. The Morgan fingerprint density at radius 3 is 2.11 bits per heavy atom. The molecule has 8 nitrogen and oxygen atoms in total. The van der Waals surface area contributed by atoms with E-state index in [1.165, 1.54) is 21.3 Å². The standard InChI is InChI=1S/C29H36ClN3O5/c1-36-24-14-18(15-25(37-2)26(24)38-3)27(34)31-19-16-20-8-6-9-21(17-19)33(20)29(12-7-13-29)28(35)32-23-11-5-4-10-22(23)30/h4-5,10-11,14-15,19-21H,6-9,12-13,16-17H2,1-3H3,(H,31,34)(H,32,35). The van der Waals surface area contributed by atoms with Gasteiger partial charge in [-0.25, -0.2) is 0 Å². The van der Waals surface area contributed by atoms with Crippen molar-refractivity contribution in [1.82, 2.24) is 10.2 Å². The lowest BCUT2D eigenvalue weighted by Gasteiger charge is -2.60. The van der Waals surface area contributed by atoms with Gasteiger partial charge in [0.15, 0.2) is 11.5 Å². The molecule has 2 aromatic carbocycles. The van der Waals surface area contributed by atoms with Crippen molar-refractivity contribution >= 4 is 29.1 Å². The third kappa shape index (κ3) is 4.80. The number of benzene rings is 2.